The fourth-order valence-electron chi connectivity index (χ4n) is 3.58. The van der Waals surface area contributed by atoms with E-state index in [1.165, 1.54) is 25.4 Å². The molecule has 1 aromatic carbocycles. The monoisotopic (exact) mass is 498 g/mol. The summed E-state index contributed by atoms with van der Waals surface area (Å²) >= 11 is 0. The molecule has 2 N–H and O–H groups in total. The zero-order valence-corrected chi connectivity index (χ0v) is 21.7. The summed E-state index contributed by atoms with van der Waals surface area (Å²) in [5.41, 5.74) is 1.56. The SMILES string of the molecule is Cc1cc(C)c(Oc2nc(NC(C)(C)C)ccc2C(=O)NS(=O)(=O)c2cccn(C)c2=O)c(C)c1. The van der Waals surface area contributed by atoms with Gasteiger partial charge in [-0.3, -0.25) is 9.59 Å². The zero-order valence-electron chi connectivity index (χ0n) is 20.9. The van der Waals surface area contributed by atoms with Crippen LogP contribution >= 0.6 is 0 Å². The van der Waals surface area contributed by atoms with Crippen LogP contribution < -0.4 is 20.3 Å². The quantitative estimate of drug-likeness (QED) is 0.530. The van der Waals surface area contributed by atoms with Crippen LogP contribution in [-0.2, 0) is 17.1 Å². The number of carbonyl (C=O) groups is 1. The predicted octanol–water partition coefficient (Wildman–Crippen LogP) is 3.83. The average molecular weight is 499 g/mol. The molecule has 1 amide bonds. The Bertz CT molecular complexity index is 1430. The highest BCUT2D eigenvalue weighted by Gasteiger charge is 2.26. The minimum Gasteiger partial charge on any atom is -0.438 e. The number of hydrogen-bond donors (Lipinski definition) is 2. The van der Waals surface area contributed by atoms with Gasteiger partial charge in [0.15, 0.2) is 4.90 Å². The summed E-state index contributed by atoms with van der Waals surface area (Å²) in [6.07, 6.45) is 1.42. The summed E-state index contributed by atoms with van der Waals surface area (Å²) < 4.78 is 34.9. The second-order valence-electron chi connectivity index (χ2n) is 9.48. The summed E-state index contributed by atoms with van der Waals surface area (Å²) in [4.78, 5) is 29.3. The van der Waals surface area contributed by atoms with E-state index in [1.807, 2.05) is 58.4 Å². The van der Waals surface area contributed by atoms with Crippen molar-refractivity contribution in [3.8, 4) is 11.6 Å². The van der Waals surface area contributed by atoms with E-state index in [1.54, 1.807) is 6.07 Å². The number of aryl methyl sites for hydroxylation is 4. The fraction of sp³-hybridized carbons (Fsp3) is 0.320. The highest BCUT2D eigenvalue weighted by molar-refractivity contribution is 7.90. The van der Waals surface area contributed by atoms with Gasteiger partial charge >= 0.3 is 0 Å². The number of carbonyl (C=O) groups excluding carboxylic acids is 1. The van der Waals surface area contributed by atoms with E-state index in [4.69, 9.17) is 4.74 Å². The Labute approximate surface area is 205 Å². The summed E-state index contributed by atoms with van der Waals surface area (Å²) in [6, 6.07) is 9.43. The van der Waals surface area contributed by atoms with Crippen LogP contribution in [0, 0.1) is 20.8 Å². The molecule has 9 nitrogen and oxygen atoms in total. The Morgan fingerprint density at radius 2 is 1.69 bits per heavy atom. The van der Waals surface area contributed by atoms with Crippen LogP contribution in [0.25, 0.3) is 0 Å². The second kappa shape index (κ2) is 9.53. The first-order chi connectivity index (χ1) is 16.2. The van der Waals surface area contributed by atoms with Crippen LogP contribution in [0.4, 0.5) is 5.82 Å². The van der Waals surface area contributed by atoms with Crippen molar-refractivity contribution in [1.82, 2.24) is 14.3 Å². The summed E-state index contributed by atoms with van der Waals surface area (Å²) in [7, 11) is -3.02. The van der Waals surface area contributed by atoms with Gasteiger partial charge in [0.1, 0.15) is 17.1 Å². The number of ether oxygens (including phenoxy) is 1. The number of pyridine rings is 2. The van der Waals surface area contributed by atoms with Crippen molar-refractivity contribution in [2.75, 3.05) is 5.32 Å². The normalized spacial score (nSPS) is 11.7. The molecule has 2 heterocycles. The lowest BCUT2D eigenvalue weighted by Crippen LogP contribution is -2.35. The van der Waals surface area contributed by atoms with Crippen molar-refractivity contribution in [2.45, 2.75) is 52.0 Å². The van der Waals surface area contributed by atoms with E-state index in [-0.39, 0.29) is 17.0 Å². The number of rotatable bonds is 6. The van der Waals surface area contributed by atoms with Crippen molar-refractivity contribution in [3.63, 3.8) is 0 Å². The van der Waals surface area contributed by atoms with Gasteiger partial charge in [-0.05, 0) is 76.9 Å². The highest BCUT2D eigenvalue weighted by atomic mass is 32.2. The molecule has 0 saturated heterocycles. The molecule has 0 aliphatic rings. The molecule has 0 spiro atoms. The van der Waals surface area contributed by atoms with Crippen LogP contribution in [0.2, 0.25) is 0 Å². The third-order valence-corrected chi connectivity index (χ3v) is 6.36. The van der Waals surface area contributed by atoms with Crippen LogP contribution in [0.5, 0.6) is 11.6 Å². The second-order valence-corrected chi connectivity index (χ2v) is 11.1. The molecular weight excluding hydrogens is 468 g/mol. The predicted molar refractivity (Wildman–Crippen MR) is 135 cm³/mol. The number of aromatic nitrogens is 2. The van der Waals surface area contributed by atoms with Crippen LogP contribution in [0.1, 0.15) is 47.8 Å². The molecule has 0 fully saturated rings. The van der Waals surface area contributed by atoms with Crippen molar-refractivity contribution < 1.29 is 17.9 Å². The molecular formula is C25H30N4O5S. The van der Waals surface area contributed by atoms with Gasteiger partial charge in [-0.15, -0.1) is 0 Å². The van der Waals surface area contributed by atoms with E-state index >= 15 is 0 Å². The first-order valence-corrected chi connectivity index (χ1v) is 12.4. The molecule has 0 aliphatic heterocycles. The first-order valence-electron chi connectivity index (χ1n) is 11.0. The van der Waals surface area contributed by atoms with Crippen molar-refractivity contribution in [3.05, 3.63) is 75.2 Å². The molecule has 2 aromatic heterocycles. The molecule has 35 heavy (non-hydrogen) atoms. The minimum atomic E-state index is -4.44. The maximum Gasteiger partial charge on any atom is 0.270 e. The molecule has 186 valence electrons. The fourth-order valence-corrected chi connectivity index (χ4v) is 4.67. The molecule has 0 atom stereocenters. The summed E-state index contributed by atoms with van der Waals surface area (Å²) in [5.74, 6) is -0.0674. The molecule has 3 aromatic rings. The zero-order chi connectivity index (χ0) is 26.1. The summed E-state index contributed by atoms with van der Waals surface area (Å²) in [6.45, 7) is 11.6. The molecule has 0 radical (unpaired) electrons. The number of nitrogens with one attached hydrogen (secondary N) is 2. The van der Waals surface area contributed by atoms with E-state index in [0.717, 1.165) is 27.3 Å². The minimum absolute atomic E-state index is 0.0667. The van der Waals surface area contributed by atoms with Crippen molar-refractivity contribution >= 4 is 21.7 Å². The Morgan fingerprint density at radius 3 is 2.29 bits per heavy atom. The molecule has 0 aliphatic carbocycles. The third-order valence-electron chi connectivity index (χ3n) is 5.02. The molecule has 0 saturated carbocycles. The van der Waals surface area contributed by atoms with Gasteiger partial charge < -0.3 is 14.6 Å². The van der Waals surface area contributed by atoms with Crippen LogP contribution in [-0.4, -0.2) is 29.4 Å². The Balaban J connectivity index is 2.06. The van der Waals surface area contributed by atoms with E-state index < -0.39 is 26.4 Å². The molecule has 0 unspecified atom stereocenters. The van der Waals surface area contributed by atoms with Gasteiger partial charge in [0.2, 0.25) is 5.88 Å². The lowest BCUT2D eigenvalue weighted by atomic mass is 10.1. The third kappa shape index (κ3) is 6.07. The first kappa shape index (κ1) is 26.0. The number of nitrogens with zero attached hydrogens (tertiary/aromatic N) is 2. The molecule has 0 bridgehead atoms. The molecule has 3 rings (SSSR count). The number of sulfonamides is 1. The average Bonchev–Trinajstić information content (AvgIpc) is 2.71. The number of hydrogen-bond acceptors (Lipinski definition) is 7. The maximum absolute atomic E-state index is 13.1. The topological polar surface area (TPSA) is 119 Å². The van der Waals surface area contributed by atoms with Gasteiger partial charge in [-0.25, -0.2) is 13.1 Å². The van der Waals surface area contributed by atoms with E-state index in [0.29, 0.717) is 11.6 Å². The Kier molecular flexibility index (Phi) is 7.07. The number of amides is 1. The number of anilines is 1. The van der Waals surface area contributed by atoms with Gasteiger partial charge in [-0.2, -0.15) is 4.98 Å². The maximum atomic E-state index is 13.1. The van der Waals surface area contributed by atoms with E-state index in [9.17, 15) is 18.0 Å². The number of benzene rings is 1. The van der Waals surface area contributed by atoms with Gasteiger partial charge in [0.25, 0.3) is 21.5 Å². The smallest absolute Gasteiger partial charge is 0.270 e. The van der Waals surface area contributed by atoms with Crippen LogP contribution in [0.15, 0.2) is 52.3 Å². The van der Waals surface area contributed by atoms with Gasteiger partial charge in [0.05, 0.1) is 0 Å². The van der Waals surface area contributed by atoms with E-state index in [2.05, 4.69) is 10.3 Å². The highest BCUT2D eigenvalue weighted by Crippen LogP contribution is 2.32. The lowest BCUT2D eigenvalue weighted by Gasteiger charge is -2.22. The summed E-state index contributed by atoms with van der Waals surface area (Å²) in [5, 5.41) is 3.21. The largest absolute Gasteiger partial charge is 0.438 e. The Hall–Kier alpha value is -3.66. The standard InChI is InChI=1S/C25H30N4O5S/c1-15-13-16(2)21(17(3)14-15)34-23-18(10-11-20(26-23)27-25(4,5)6)22(30)28-35(32,33)19-9-8-12-29(7)24(19)31/h8-14H,1-7H3,(H,26,27)(H,28,30). The molecule has 10 heteroatoms. The van der Waals surface area contributed by atoms with Gasteiger partial charge in [0, 0.05) is 18.8 Å². The Morgan fingerprint density at radius 1 is 1.06 bits per heavy atom. The van der Waals surface area contributed by atoms with Crippen molar-refractivity contribution in [1.29, 1.82) is 0 Å². The lowest BCUT2D eigenvalue weighted by molar-refractivity contribution is 0.0978. The van der Waals surface area contributed by atoms with Crippen LogP contribution in [0.3, 0.4) is 0 Å². The van der Waals surface area contributed by atoms with Gasteiger partial charge in [-0.1, -0.05) is 17.7 Å². The van der Waals surface area contributed by atoms with Crippen molar-refractivity contribution in [2.24, 2.45) is 7.05 Å².